The number of hydrogen-bond acceptors (Lipinski definition) is 5. The SMILES string of the molecule is COCCn1ncc(NCCCOCC2CC2)c(Br)c1=O. The van der Waals surface area contributed by atoms with E-state index >= 15 is 0 Å². The molecular weight excluding hydrogens is 338 g/mol. The summed E-state index contributed by atoms with van der Waals surface area (Å²) in [5.41, 5.74) is 0.567. The molecule has 0 aliphatic heterocycles. The third-order valence-corrected chi connectivity index (χ3v) is 4.09. The van der Waals surface area contributed by atoms with E-state index in [2.05, 4.69) is 26.3 Å². The molecule has 0 amide bonds. The summed E-state index contributed by atoms with van der Waals surface area (Å²) in [5, 5.41) is 7.33. The van der Waals surface area contributed by atoms with Crippen molar-refractivity contribution in [2.75, 3.05) is 38.8 Å². The van der Waals surface area contributed by atoms with Gasteiger partial charge >= 0.3 is 0 Å². The van der Waals surface area contributed by atoms with Crippen molar-refractivity contribution in [1.82, 2.24) is 9.78 Å². The molecule has 1 aromatic rings. The minimum absolute atomic E-state index is 0.151. The van der Waals surface area contributed by atoms with E-state index in [9.17, 15) is 4.79 Å². The lowest BCUT2D eigenvalue weighted by Crippen LogP contribution is -2.26. The van der Waals surface area contributed by atoms with Crippen LogP contribution in [-0.2, 0) is 16.0 Å². The topological polar surface area (TPSA) is 65.4 Å². The summed E-state index contributed by atoms with van der Waals surface area (Å²) in [5.74, 6) is 0.802. The molecule has 1 N–H and O–H groups in total. The fraction of sp³-hybridized carbons (Fsp3) is 0.714. The minimum atomic E-state index is -0.151. The molecule has 1 fully saturated rings. The first-order valence-corrected chi connectivity index (χ1v) is 8.08. The molecule has 0 aromatic carbocycles. The van der Waals surface area contributed by atoms with Crippen molar-refractivity contribution < 1.29 is 9.47 Å². The predicted molar refractivity (Wildman–Crippen MR) is 84.7 cm³/mol. The van der Waals surface area contributed by atoms with Gasteiger partial charge in [0.05, 0.1) is 25.0 Å². The van der Waals surface area contributed by atoms with Crippen molar-refractivity contribution in [3.63, 3.8) is 0 Å². The third-order valence-electron chi connectivity index (χ3n) is 3.32. The summed E-state index contributed by atoms with van der Waals surface area (Å²) in [6.45, 7) is 3.31. The predicted octanol–water partition coefficient (Wildman–Crippen LogP) is 1.88. The standard InChI is InChI=1S/C14H22BrN3O3/c1-20-8-6-18-14(19)13(15)12(9-17-18)16-5-2-7-21-10-11-3-4-11/h9,11,16H,2-8,10H2,1H3. The van der Waals surface area contributed by atoms with Crippen molar-refractivity contribution in [3.05, 3.63) is 21.0 Å². The van der Waals surface area contributed by atoms with E-state index < -0.39 is 0 Å². The van der Waals surface area contributed by atoms with Crippen molar-refractivity contribution >= 4 is 21.6 Å². The average Bonchev–Trinajstić information content (AvgIpc) is 3.30. The lowest BCUT2D eigenvalue weighted by Gasteiger charge is -2.10. The summed E-state index contributed by atoms with van der Waals surface area (Å²) in [6, 6.07) is 0. The monoisotopic (exact) mass is 359 g/mol. The molecule has 0 atom stereocenters. The second-order valence-corrected chi connectivity index (χ2v) is 5.98. The van der Waals surface area contributed by atoms with E-state index in [1.54, 1.807) is 13.3 Å². The fourth-order valence-corrected chi connectivity index (χ4v) is 2.30. The molecule has 1 aromatic heterocycles. The number of ether oxygens (including phenoxy) is 2. The zero-order chi connectivity index (χ0) is 15.1. The third kappa shape index (κ3) is 5.41. The molecule has 2 rings (SSSR count). The molecule has 0 bridgehead atoms. The van der Waals surface area contributed by atoms with E-state index in [1.165, 1.54) is 17.5 Å². The molecule has 1 aliphatic rings. The second kappa shape index (κ2) is 8.51. The van der Waals surface area contributed by atoms with E-state index in [1.807, 2.05) is 0 Å². The zero-order valence-electron chi connectivity index (χ0n) is 12.3. The molecule has 0 spiro atoms. The highest BCUT2D eigenvalue weighted by Crippen LogP contribution is 2.28. The van der Waals surface area contributed by atoms with E-state index in [-0.39, 0.29) is 5.56 Å². The Hall–Kier alpha value is -0.920. The average molecular weight is 360 g/mol. The molecule has 0 unspecified atom stereocenters. The Labute approximate surface area is 132 Å². The van der Waals surface area contributed by atoms with Gasteiger partial charge in [-0.2, -0.15) is 5.10 Å². The summed E-state index contributed by atoms with van der Waals surface area (Å²) in [7, 11) is 1.60. The van der Waals surface area contributed by atoms with Crippen molar-refractivity contribution in [2.45, 2.75) is 25.8 Å². The van der Waals surface area contributed by atoms with Gasteiger partial charge in [-0.25, -0.2) is 4.68 Å². The molecule has 1 aliphatic carbocycles. The van der Waals surface area contributed by atoms with Crippen molar-refractivity contribution in [3.8, 4) is 0 Å². The van der Waals surface area contributed by atoms with Crippen LogP contribution in [0, 0.1) is 5.92 Å². The van der Waals surface area contributed by atoms with Gasteiger partial charge in [-0.1, -0.05) is 0 Å². The Balaban J connectivity index is 1.74. The van der Waals surface area contributed by atoms with Crippen LogP contribution in [0.4, 0.5) is 5.69 Å². The van der Waals surface area contributed by atoms with Crippen LogP contribution in [-0.4, -0.2) is 43.3 Å². The Kier molecular flexibility index (Phi) is 6.66. The number of methoxy groups -OCH3 is 1. The summed E-state index contributed by atoms with van der Waals surface area (Å²) in [4.78, 5) is 12.0. The van der Waals surface area contributed by atoms with E-state index in [4.69, 9.17) is 9.47 Å². The molecule has 21 heavy (non-hydrogen) atoms. The quantitative estimate of drug-likeness (QED) is 0.646. The van der Waals surface area contributed by atoms with Gasteiger partial charge in [0.1, 0.15) is 4.47 Å². The van der Waals surface area contributed by atoms with Crippen LogP contribution in [0.3, 0.4) is 0 Å². The highest BCUT2D eigenvalue weighted by molar-refractivity contribution is 9.10. The number of hydrogen-bond donors (Lipinski definition) is 1. The largest absolute Gasteiger partial charge is 0.383 e. The van der Waals surface area contributed by atoms with E-state index in [0.29, 0.717) is 17.6 Å². The zero-order valence-corrected chi connectivity index (χ0v) is 13.9. The van der Waals surface area contributed by atoms with Crippen LogP contribution in [0.1, 0.15) is 19.3 Å². The Bertz CT molecular complexity index is 503. The number of anilines is 1. The van der Waals surface area contributed by atoms with Gasteiger partial charge < -0.3 is 14.8 Å². The van der Waals surface area contributed by atoms with Crippen LogP contribution in [0.2, 0.25) is 0 Å². The van der Waals surface area contributed by atoms with Gasteiger partial charge in [-0.05, 0) is 41.1 Å². The molecule has 1 heterocycles. The summed E-state index contributed by atoms with van der Waals surface area (Å²) < 4.78 is 12.4. The van der Waals surface area contributed by atoms with Gasteiger partial charge in [0.25, 0.3) is 5.56 Å². The van der Waals surface area contributed by atoms with Crippen molar-refractivity contribution in [1.29, 1.82) is 0 Å². The van der Waals surface area contributed by atoms with Crippen LogP contribution in [0.15, 0.2) is 15.5 Å². The van der Waals surface area contributed by atoms with Gasteiger partial charge in [0.2, 0.25) is 0 Å². The molecular formula is C14H22BrN3O3. The first-order valence-electron chi connectivity index (χ1n) is 7.28. The van der Waals surface area contributed by atoms with Crippen LogP contribution in [0.25, 0.3) is 0 Å². The number of halogens is 1. The number of nitrogens with one attached hydrogen (secondary N) is 1. The van der Waals surface area contributed by atoms with E-state index in [0.717, 1.165) is 37.8 Å². The molecule has 118 valence electrons. The Morgan fingerprint density at radius 3 is 3.00 bits per heavy atom. The van der Waals surface area contributed by atoms with Crippen LogP contribution in [0.5, 0.6) is 0 Å². The normalized spacial score (nSPS) is 14.4. The first kappa shape index (κ1) is 16.5. The van der Waals surface area contributed by atoms with Gasteiger partial charge in [0, 0.05) is 26.9 Å². The number of nitrogens with zero attached hydrogens (tertiary/aromatic N) is 2. The minimum Gasteiger partial charge on any atom is -0.383 e. The smallest absolute Gasteiger partial charge is 0.283 e. The second-order valence-electron chi connectivity index (χ2n) is 5.19. The number of rotatable bonds is 10. The maximum Gasteiger partial charge on any atom is 0.283 e. The molecule has 0 saturated heterocycles. The summed E-state index contributed by atoms with van der Waals surface area (Å²) in [6.07, 6.45) is 5.20. The van der Waals surface area contributed by atoms with Crippen LogP contribution < -0.4 is 10.9 Å². The first-order chi connectivity index (χ1) is 10.2. The maximum atomic E-state index is 12.0. The molecule has 0 radical (unpaired) electrons. The number of aromatic nitrogens is 2. The Morgan fingerprint density at radius 2 is 2.29 bits per heavy atom. The maximum absolute atomic E-state index is 12.0. The summed E-state index contributed by atoms with van der Waals surface area (Å²) >= 11 is 3.33. The van der Waals surface area contributed by atoms with Crippen LogP contribution >= 0.6 is 15.9 Å². The Morgan fingerprint density at radius 1 is 1.48 bits per heavy atom. The van der Waals surface area contributed by atoms with Gasteiger partial charge in [-0.15, -0.1) is 0 Å². The highest BCUT2D eigenvalue weighted by Gasteiger charge is 2.20. The molecule has 7 heteroatoms. The lowest BCUT2D eigenvalue weighted by molar-refractivity contribution is 0.124. The molecule has 1 saturated carbocycles. The van der Waals surface area contributed by atoms with Gasteiger partial charge in [0.15, 0.2) is 0 Å². The molecule has 6 nitrogen and oxygen atoms in total. The lowest BCUT2D eigenvalue weighted by atomic mass is 10.4. The van der Waals surface area contributed by atoms with Gasteiger partial charge in [-0.3, -0.25) is 4.79 Å². The van der Waals surface area contributed by atoms with Crippen molar-refractivity contribution in [2.24, 2.45) is 5.92 Å². The highest BCUT2D eigenvalue weighted by atomic mass is 79.9. The fourth-order valence-electron chi connectivity index (χ4n) is 1.86.